The first-order valence-electron chi connectivity index (χ1n) is 10.3. The first-order valence-corrected chi connectivity index (χ1v) is 11.3. The molecule has 4 rings (SSSR count). The Bertz CT molecular complexity index is 1030. The number of para-hydroxylation sites is 1. The highest BCUT2D eigenvalue weighted by atomic mass is 32.2. The highest BCUT2D eigenvalue weighted by Crippen LogP contribution is 2.37. The van der Waals surface area contributed by atoms with Gasteiger partial charge in [-0.15, -0.1) is 11.8 Å². The van der Waals surface area contributed by atoms with Crippen LogP contribution in [0.15, 0.2) is 95.7 Å². The van der Waals surface area contributed by atoms with E-state index >= 15 is 0 Å². The molecule has 152 valence electrons. The minimum absolute atomic E-state index is 0.0725. The number of carbonyl (C=O) groups excluding carboxylic acids is 1. The molecular formula is C26H26N2OS. The Kier molecular flexibility index (Phi) is 6.55. The van der Waals surface area contributed by atoms with Crippen LogP contribution in [0.2, 0.25) is 0 Å². The lowest BCUT2D eigenvalue weighted by atomic mass is 10.1. The number of hydrogen-bond acceptors (Lipinski definition) is 3. The van der Waals surface area contributed by atoms with Crippen LogP contribution in [-0.2, 0) is 17.0 Å². The normalized spacial score (nSPS) is 13.4. The van der Waals surface area contributed by atoms with Crippen LogP contribution in [0, 0.1) is 6.92 Å². The summed E-state index contributed by atoms with van der Waals surface area (Å²) in [6, 6.07) is 28.8. The number of carbonyl (C=O) groups is 1. The van der Waals surface area contributed by atoms with Crippen LogP contribution in [0.5, 0.6) is 0 Å². The first kappa shape index (κ1) is 20.3. The average Bonchev–Trinajstić information content (AvgIpc) is 2.77. The molecule has 0 aromatic heterocycles. The molecule has 0 aliphatic carbocycles. The number of nitrogens with one attached hydrogen (secondary N) is 1. The van der Waals surface area contributed by atoms with Crippen molar-refractivity contribution in [3.8, 4) is 0 Å². The van der Waals surface area contributed by atoms with Crippen LogP contribution < -0.4 is 10.2 Å². The Hall–Kier alpha value is -2.98. The quantitative estimate of drug-likeness (QED) is 0.458. The zero-order chi connectivity index (χ0) is 20.8. The summed E-state index contributed by atoms with van der Waals surface area (Å²) >= 11 is 1.61. The summed E-state index contributed by atoms with van der Waals surface area (Å²) in [5.41, 5.74) is 4.78. The number of rotatable bonds is 9. The predicted molar refractivity (Wildman–Crippen MR) is 126 cm³/mol. The van der Waals surface area contributed by atoms with Crippen molar-refractivity contribution in [1.29, 1.82) is 0 Å². The fourth-order valence-electron chi connectivity index (χ4n) is 3.56. The molecule has 1 aliphatic rings. The second-order valence-electron chi connectivity index (χ2n) is 7.45. The summed E-state index contributed by atoms with van der Waals surface area (Å²) in [6.45, 7) is 2.95. The molecule has 3 nitrogen and oxygen atoms in total. The van der Waals surface area contributed by atoms with Gasteiger partial charge in [0.05, 0.1) is 5.69 Å². The number of thioether (sulfide) groups is 1. The molecule has 0 spiro atoms. The molecule has 0 radical (unpaired) electrons. The van der Waals surface area contributed by atoms with Crippen LogP contribution >= 0.6 is 11.8 Å². The molecular weight excluding hydrogens is 388 g/mol. The third kappa shape index (κ3) is 4.77. The number of hydrogen-bond donors (Lipinski definition) is 1. The van der Waals surface area contributed by atoms with E-state index in [1.165, 1.54) is 16.7 Å². The molecule has 0 fully saturated rings. The SMILES string of the molecule is Cc1cccc(CCCNC2=C(SCc3ccccc3)C(=O)N2c2ccccc2)c1. The van der Waals surface area contributed by atoms with Crippen LogP contribution in [0.4, 0.5) is 5.69 Å². The second kappa shape index (κ2) is 9.68. The van der Waals surface area contributed by atoms with Crippen molar-refractivity contribution in [1.82, 2.24) is 5.32 Å². The van der Waals surface area contributed by atoms with Crippen molar-refractivity contribution in [2.45, 2.75) is 25.5 Å². The standard InChI is InChI=1S/C26H26N2OS/c1-20-10-8-13-21(18-20)14-9-17-27-25-24(30-19-22-11-4-2-5-12-22)26(29)28(25)23-15-6-3-7-16-23/h2-8,10-13,15-16,18,27H,9,14,17,19H2,1H3. The van der Waals surface area contributed by atoms with E-state index in [1.54, 1.807) is 16.7 Å². The smallest absolute Gasteiger partial charge is 0.274 e. The first-order chi connectivity index (χ1) is 14.7. The molecule has 1 amide bonds. The Labute approximate surface area is 182 Å². The van der Waals surface area contributed by atoms with Gasteiger partial charge in [-0.3, -0.25) is 9.69 Å². The molecule has 0 bridgehead atoms. The zero-order valence-electron chi connectivity index (χ0n) is 17.2. The largest absolute Gasteiger partial charge is 0.370 e. The van der Waals surface area contributed by atoms with Gasteiger partial charge in [-0.25, -0.2) is 0 Å². The van der Waals surface area contributed by atoms with Crippen LogP contribution in [0.25, 0.3) is 0 Å². The second-order valence-corrected chi connectivity index (χ2v) is 8.43. The van der Waals surface area contributed by atoms with E-state index in [-0.39, 0.29) is 5.91 Å². The minimum Gasteiger partial charge on any atom is -0.370 e. The van der Waals surface area contributed by atoms with E-state index in [0.717, 1.165) is 41.6 Å². The Morgan fingerprint density at radius 2 is 1.57 bits per heavy atom. The van der Waals surface area contributed by atoms with Crippen LogP contribution in [-0.4, -0.2) is 12.5 Å². The van der Waals surface area contributed by atoms with Crippen molar-refractivity contribution in [2.75, 3.05) is 11.4 Å². The molecule has 0 unspecified atom stereocenters. The molecule has 0 atom stereocenters. The minimum atomic E-state index is 0.0725. The van der Waals surface area contributed by atoms with Gasteiger partial charge >= 0.3 is 0 Å². The maximum absolute atomic E-state index is 12.9. The van der Waals surface area contributed by atoms with Crippen LogP contribution in [0.1, 0.15) is 23.1 Å². The monoisotopic (exact) mass is 414 g/mol. The summed E-state index contributed by atoms with van der Waals surface area (Å²) in [5, 5.41) is 3.53. The van der Waals surface area contributed by atoms with E-state index in [9.17, 15) is 4.79 Å². The topological polar surface area (TPSA) is 32.3 Å². The van der Waals surface area contributed by atoms with E-state index in [4.69, 9.17) is 0 Å². The lowest BCUT2D eigenvalue weighted by molar-refractivity contribution is -0.115. The zero-order valence-corrected chi connectivity index (χ0v) is 18.0. The average molecular weight is 415 g/mol. The third-order valence-corrected chi connectivity index (χ3v) is 6.23. The van der Waals surface area contributed by atoms with E-state index in [1.807, 2.05) is 48.5 Å². The van der Waals surface area contributed by atoms with Gasteiger partial charge < -0.3 is 5.32 Å². The summed E-state index contributed by atoms with van der Waals surface area (Å²) in [5.74, 6) is 1.79. The number of nitrogens with zero attached hydrogens (tertiary/aromatic N) is 1. The summed E-state index contributed by atoms with van der Waals surface area (Å²) in [6.07, 6.45) is 2.04. The molecule has 0 saturated carbocycles. The van der Waals surface area contributed by atoms with Gasteiger partial charge in [-0.2, -0.15) is 0 Å². The maximum atomic E-state index is 12.9. The summed E-state index contributed by atoms with van der Waals surface area (Å²) < 4.78 is 0. The van der Waals surface area contributed by atoms with Crippen molar-refractivity contribution in [2.24, 2.45) is 0 Å². The Balaban J connectivity index is 1.43. The van der Waals surface area contributed by atoms with Gasteiger partial charge in [0.15, 0.2) is 0 Å². The third-order valence-electron chi connectivity index (χ3n) is 5.09. The lowest BCUT2D eigenvalue weighted by Crippen LogP contribution is -2.47. The Morgan fingerprint density at radius 3 is 2.30 bits per heavy atom. The number of amides is 1. The van der Waals surface area contributed by atoms with Gasteiger partial charge in [0.1, 0.15) is 10.7 Å². The molecule has 30 heavy (non-hydrogen) atoms. The fourth-order valence-corrected chi connectivity index (χ4v) is 4.58. The van der Waals surface area contributed by atoms with E-state index < -0.39 is 0 Å². The lowest BCUT2D eigenvalue weighted by Gasteiger charge is -2.36. The van der Waals surface area contributed by atoms with Crippen molar-refractivity contribution >= 4 is 23.4 Å². The molecule has 3 aromatic carbocycles. The highest BCUT2D eigenvalue weighted by Gasteiger charge is 2.37. The fraction of sp³-hybridized carbons (Fsp3) is 0.192. The van der Waals surface area contributed by atoms with E-state index in [2.05, 4.69) is 48.6 Å². The van der Waals surface area contributed by atoms with Gasteiger partial charge in [-0.05, 0) is 43.0 Å². The van der Waals surface area contributed by atoms with Crippen LogP contribution in [0.3, 0.4) is 0 Å². The Morgan fingerprint density at radius 1 is 0.867 bits per heavy atom. The number of benzene rings is 3. The summed E-state index contributed by atoms with van der Waals surface area (Å²) in [7, 11) is 0. The highest BCUT2D eigenvalue weighted by molar-refractivity contribution is 8.03. The molecule has 4 heteroatoms. The van der Waals surface area contributed by atoms with Gasteiger partial charge in [0.2, 0.25) is 0 Å². The van der Waals surface area contributed by atoms with Gasteiger partial charge in [-0.1, -0.05) is 78.4 Å². The molecule has 3 aromatic rings. The van der Waals surface area contributed by atoms with Gasteiger partial charge in [0, 0.05) is 12.3 Å². The summed E-state index contributed by atoms with van der Waals surface area (Å²) in [4.78, 5) is 15.5. The van der Waals surface area contributed by atoms with Crippen molar-refractivity contribution in [3.63, 3.8) is 0 Å². The maximum Gasteiger partial charge on any atom is 0.274 e. The van der Waals surface area contributed by atoms with E-state index in [0.29, 0.717) is 0 Å². The van der Waals surface area contributed by atoms with Crippen molar-refractivity contribution < 1.29 is 4.79 Å². The molecule has 1 N–H and O–H groups in total. The molecule has 1 heterocycles. The predicted octanol–water partition coefficient (Wildman–Crippen LogP) is 5.67. The van der Waals surface area contributed by atoms with Crippen molar-refractivity contribution in [3.05, 3.63) is 112 Å². The number of anilines is 1. The molecule has 1 aliphatic heterocycles. The molecule has 0 saturated heterocycles. The van der Waals surface area contributed by atoms with Gasteiger partial charge in [0.25, 0.3) is 5.91 Å². The number of aryl methyl sites for hydroxylation is 2.